The SMILES string of the molecule is CC.CC.CN(C1=CC=CC1)c1ccc(-c2ccc(N(C3=CC=C(c4ccccc4)C3)c3ccc4c(c3)C(C)(C)c3ccccc3-4)cc2)cc1C1=CCC=C1. The molecule has 0 atom stereocenters. The van der Waals surface area contributed by atoms with Gasteiger partial charge < -0.3 is 9.80 Å². The molecule has 0 saturated heterocycles. The van der Waals surface area contributed by atoms with Gasteiger partial charge in [0.15, 0.2) is 0 Å². The van der Waals surface area contributed by atoms with E-state index in [-0.39, 0.29) is 5.41 Å². The largest absolute Gasteiger partial charge is 0.347 e. The second kappa shape index (κ2) is 16.2. The van der Waals surface area contributed by atoms with Crippen LogP contribution in [-0.4, -0.2) is 7.05 Å². The summed E-state index contributed by atoms with van der Waals surface area (Å²) in [5, 5.41) is 0. The normalized spacial score (nSPS) is 15.4. The van der Waals surface area contributed by atoms with E-state index in [1.807, 2.05) is 27.7 Å². The summed E-state index contributed by atoms with van der Waals surface area (Å²) in [7, 11) is 2.19. The summed E-state index contributed by atoms with van der Waals surface area (Å²) in [6.07, 6.45) is 20.9. The van der Waals surface area contributed by atoms with Crippen molar-refractivity contribution in [3.05, 3.63) is 198 Å². The maximum atomic E-state index is 2.47. The fourth-order valence-electron chi connectivity index (χ4n) is 8.37. The molecule has 0 radical (unpaired) electrons. The Morgan fingerprint density at radius 1 is 0.564 bits per heavy atom. The second-order valence-corrected chi connectivity index (χ2v) is 14.6. The first kappa shape index (κ1) is 37.5. The Labute approximate surface area is 329 Å². The lowest BCUT2D eigenvalue weighted by atomic mass is 9.82. The number of anilines is 3. The zero-order chi connectivity index (χ0) is 38.5. The number of nitrogens with zero attached hydrogens (tertiary/aromatic N) is 2. The minimum Gasteiger partial charge on any atom is -0.347 e. The van der Waals surface area contributed by atoms with Crippen LogP contribution in [0.3, 0.4) is 0 Å². The monoisotopic (exact) mass is 718 g/mol. The quantitative estimate of drug-likeness (QED) is 0.158. The highest BCUT2D eigenvalue weighted by atomic mass is 15.2. The molecular formula is C53H54N2. The van der Waals surface area contributed by atoms with E-state index in [9.17, 15) is 0 Å². The molecule has 0 aromatic heterocycles. The summed E-state index contributed by atoms with van der Waals surface area (Å²) in [5.41, 5.74) is 19.3. The topological polar surface area (TPSA) is 6.48 Å². The van der Waals surface area contributed by atoms with Crippen LogP contribution in [0.2, 0.25) is 0 Å². The molecule has 4 aliphatic rings. The average molecular weight is 719 g/mol. The molecule has 5 aromatic rings. The van der Waals surface area contributed by atoms with Crippen LogP contribution in [0.15, 0.2) is 175 Å². The summed E-state index contributed by atoms with van der Waals surface area (Å²) in [6.45, 7) is 12.7. The Kier molecular flexibility index (Phi) is 11.1. The highest BCUT2D eigenvalue weighted by Crippen LogP contribution is 2.51. The van der Waals surface area contributed by atoms with E-state index < -0.39 is 0 Å². The van der Waals surface area contributed by atoms with Crippen molar-refractivity contribution in [2.45, 2.75) is 66.2 Å². The molecular weight excluding hydrogens is 665 g/mol. The fraction of sp³-hybridized carbons (Fsp3) is 0.208. The highest BCUT2D eigenvalue weighted by molar-refractivity contribution is 5.89. The molecule has 0 bridgehead atoms. The van der Waals surface area contributed by atoms with Gasteiger partial charge in [-0.2, -0.15) is 0 Å². The number of fused-ring (bicyclic) bond motifs is 3. The molecule has 2 heteroatoms. The molecule has 4 aliphatic carbocycles. The summed E-state index contributed by atoms with van der Waals surface area (Å²) >= 11 is 0. The van der Waals surface area contributed by atoms with E-state index >= 15 is 0 Å². The van der Waals surface area contributed by atoms with Crippen molar-refractivity contribution < 1.29 is 0 Å². The molecule has 9 rings (SSSR count). The number of allylic oxidation sites excluding steroid dienone is 10. The molecule has 0 unspecified atom stereocenters. The van der Waals surface area contributed by atoms with Gasteiger partial charge in [0.25, 0.3) is 0 Å². The van der Waals surface area contributed by atoms with Crippen LogP contribution in [0.5, 0.6) is 0 Å². The Bertz CT molecular complexity index is 2360. The Balaban J connectivity index is 0.00000113. The smallest absolute Gasteiger partial charge is 0.0485 e. The van der Waals surface area contributed by atoms with Crippen LogP contribution >= 0.6 is 0 Å². The second-order valence-electron chi connectivity index (χ2n) is 14.6. The first-order valence-electron chi connectivity index (χ1n) is 20.2. The van der Waals surface area contributed by atoms with E-state index in [0.29, 0.717) is 0 Å². The predicted molar refractivity (Wildman–Crippen MR) is 240 cm³/mol. The van der Waals surface area contributed by atoms with Crippen LogP contribution in [-0.2, 0) is 5.41 Å². The highest BCUT2D eigenvalue weighted by Gasteiger charge is 2.36. The molecule has 0 aliphatic heterocycles. The van der Waals surface area contributed by atoms with Gasteiger partial charge in [-0.3, -0.25) is 0 Å². The van der Waals surface area contributed by atoms with Gasteiger partial charge in [-0.05, 0) is 105 Å². The fourth-order valence-corrected chi connectivity index (χ4v) is 8.37. The minimum absolute atomic E-state index is 0.0678. The Morgan fingerprint density at radius 2 is 1.27 bits per heavy atom. The van der Waals surface area contributed by atoms with Crippen molar-refractivity contribution in [2.24, 2.45) is 0 Å². The van der Waals surface area contributed by atoms with E-state index in [0.717, 1.165) is 19.3 Å². The third-order valence-corrected chi connectivity index (χ3v) is 11.2. The van der Waals surface area contributed by atoms with E-state index in [4.69, 9.17) is 0 Å². The average Bonchev–Trinajstić information content (AvgIpc) is 4.09. The molecule has 2 nitrogen and oxygen atoms in total. The van der Waals surface area contributed by atoms with Crippen LogP contribution in [0, 0.1) is 0 Å². The Morgan fingerprint density at radius 3 is 2.00 bits per heavy atom. The molecule has 0 N–H and O–H groups in total. The zero-order valence-corrected chi connectivity index (χ0v) is 33.6. The van der Waals surface area contributed by atoms with Crippen LogP contribution in [0.1, 0.15) is 83.1 Å². The molecule has 0 fully saturated rings. The first-order chi connectivity index (χ1) is 27.0. The van der Waals surface area contributed by atoms with Gasteiger partial charge in [0.05, 0.1) is 0 Å². The minimum atomic E-state index is -0.0678. The zero-order valence-electron chi connectivity index (χ0n) is 33.6. The van der Waals surface area contributed by atoms with Crippen LogP contribution in [0.25, 0.3) is 33.4 Å². The molecule has 55 heavy (non-hydrogen) atoms. The number of benzene rings is 5. The van der Waals surface area contributed by atoms with Crippen molar-refractivity contribution in [3.8, 4) is 22.3 Å². The predicted octanol–water partition coefficient (Wildman–Crippen LogP) is 14.8. The van der Waals surface area contributed by atoms with Crippen LogP contribution in [0.4, 0.5) is 17.1 Å². The summed E-state index contributed by atoms with van der Waals surface area (Å²) in [6, 6.07) is 42.9. The van der Waals surface area contributed by atoms with Crippen molar-refractivity contribution in [3.63, 3.8) is 0 Å². The van der Waals surface area contributed by atoms with Gasteiger partial charge in [0.2, 0.25) is 0 Å². The summed E-state index contributed by atoms with van der Waals surface area (Å²) in [4.78, 5) is 4.81. The van der Waals surface area contributed by atoms with Gasteiger partial charge in [-0.1, -0.05) is 157 Å². The Hall–Kier alpha value is -5.86. The van der Waals surface area contributed by atoms with Gasteiger partial charge >= 0.3 is 0 Å². The van der Waals surface area contributed by atoms with Gasteiger partial charge in [0, 0.05) is 59.3 Å². The van der Waals surface area contributed by atoms with Gasteiger partial charge in [0.1, 0.15) is 0 Å². The molecule has 0 spiro atoms. The first-order valence-corrected chi connectivity index (χ1v) is 20.2. The van der Waals surface area contributed by atoms with Crippen molar-refractivity contribution in [1.82, 2.24) is 0 Å². The molecule has 0 heterocycles. The van der Waals surface area contributed by atoms with Crippen LogP contribution < -0.4 is 9.80 Å². The number of hydrogen-bond donors (Lipinski definition) is 0. The summed E-state index contributed by atoms with van der Waals surface area (Å²) < 4.78 is 0. The molecule has 276 valence electrons. The lowest BCUT2D eigenvalue weighted by Gasteiger charge is -2.29. The lowest BCUT2D eigenvalue weighted by Crippen LogP contribution is -2.18. The lowest BCUT2D eigenvalue weighted by molar-refractivity contribution is 0.660. The maximum absolute atomic E-state index is 2.47. The molecule has 0 saturated carbocycles. The van der Waals surface area contributed by atoms with E-state index in [1.54, 1.807) is 0 Å². The number of rotatable bonds is 8. The van der Waals surface area contributed by atoms with Gasteiger partial charge in [-0.15, -0.1) is 0 Å². The molecule has 5 aromatic carbocycles. The van der Waals surface area contributed by atoms with Crippen molar-refractivity contribution >= 4 is 28.2 Å². The van der Waals surface area contributed by atoms with E-state index in [2.05, 4.69) is 195 Å². The van der Waals surface area contributed by atoms with Crippen molar-refractivity contribution in [2.75, 3.05) is 16.8 Å². The summed E-state index contributed by atoms with van der Waals surface area (Å²) in [5.74, 6) is 0. The third-order valence-electron chi connectivity index (χ3n) is 11.2. The third kappa shape index (κ3) is 7.10. The molecule has 0 amide bonds. The van der Waals surface area contributed by atoms with Crippen molar-refractivity contribution in [1.29, 1.82) is 0 Å². The van der Waals surface area contributed by atoms with Gasteiger partial charge in [-0.25, -0.2) is 0 Å². The standard InChI is InChI=1S/C49H42N2.2C2H6/c1-49(2)46-20-12-11-19-43(46)44-29-28-42(33-47(44)49)51(41-27-23-37(31-41)34-13-5-4-6-14-34)40-25-21-35(22-26-40)38-24-30-48(50(3)39-17-9-10-18-39)45(32-38)36-15-7-8-16-36;2*1-2/h4-7,9-17,19-30,32-33H,8,18,31H2,1-3H3;2*1-2H3. The maximum Gasteiger partial charge on any atom is 0.0485 e. The van der Waals surface area contributed by atoms with E-state index in [1.165, 1.54) is 84.1 Å². The number of hydrogen-bond acceptors (Lipinski definition) is 2.